The first-order valence-corrected chi connectivity index (χ1v) is 13.2. The minimum atomic E-state index is -3.83. The number of aryl methyl sites for hydroxylation is 1. The Labute approximate surface area is 210 Å². The van der Waals surface area contributed by atoms with Gasteiger partial charge >= 0.3 is 5.97 Å². The topological polar surface area (TPSA) is 81.7 Å². The molecule has 0 saturated heterocycles. The number of carbonyl (C=O) groups excluding carboxylic acids is 1. The number of nitrogens with one attached hydrogen (secondary N) is 1. The van der Waals surface area contributed by atoms with Gasteiger partial charge in [-0.2, -0.15) is 0 Å². The van der Waals surface area contributed by atoms with Gasteiger partial charge in [0.25, 0.3) is 0 Å². The Morgan fingerprint density at radius 2 is 1.66 bits per heavy atom. The third kappa shape index (κ3) is 8.76. The summed E-state index contributed by atoms with van der Waals surface area (Å²) >= 11 is 0. The number of hydrogen-bond acceptors (Lipinski definition) is 5. The second kappa shape index (κ2) is 13.4. The summed E-state index contributed by atoms with van der Waals surface area (Å²) in [5.41, 5.74) is 3.09. The predicted octanol–water partition coefficient (Wildman–Crippen LogP) is 4.85. The minimum absolute atomic E-state index is 0.00872. The Kier molecular flexibility index (Phi) is 10.9. The van der Waals surface area contributed by atoms with E-state index in [1.54, 1.807) is 44.4 Å². The molecular formula is C28H37NO5S. The third-order valence-electron chi connectivity index (χ3n) is 6.00. The smallest absolute Gasteiger partial charge is 0.310 e. The fourth-order valence-electron chi connectivity index (χ4n) is 3.77. The third-order valence-corrected chi connectivity index (χ3v) is 7.47. The number of methoxy groups -OCH3 is 2. The number of esters is 1. The highest BCUT2D eigenvalue weighted by Crippen LogP contribution is 2.19. The molecule has 0 radical (unpaired) electrons. The lowest BCUT2D eigenvalue weighted by Crippen LogP contribution is -2.41. The summed E-state index contributed by atoms with van der Waals surface area (Å²) in [7, 11) is -0.839. The van der Waals surface area contributed by atoms with Crippen LogP contribution in [0.5, 0.6) is 0 Å². The molecule has 4 atom stereocenters. The van der Waals surface area contributed by atoms with Crippen LogP contribution in [0.3, 0.4) is 0 Å². The summed E-state index contributed by atoms with van der Waals surface area (Å²) in [5.74, 6) is -1.10. The van der Waals surface area contributed by atoms with Gasteiger partial charge in [0.15, 0.2) is 0 Å². The van der Waals surface area contributed by atoms with Crippen molar-refractivity contribution in [3.63, 3.8) is 0 Å². The van der Waals surface area contributed by atoms with Gasteiger partial charge in [0.05, 0.1) is 30.1 Å². The highest BCUT2D eigenvalue weighted by atomic mass is 32.2. The summed E-state index contributed by atoms with van der Waals surface area (Å²) in [6, 6.07) is 15.9. The molecule has 2 aromatic rings. The fraction of sp³-hybridized carbons (Fsp3) is 0.393. The van der Waals surface area contributed by atoms with Crippen LogP contribution in [-0.4, -0.2) is 40.8 Å². The molecule has 7 heteroatoms. The first kappa shape index (κ1) is 28.5. The number of benzene rings is 2. The largest absolute Gasteiger partial charge is 0.469 e. The summed E-state index contributed by atoms with van der Waals surface area (Å²) in [4.78, 5) is 12.4. The summed E-state index contributed by atoms with van der Waals surface area (Å²) in [5, 5.41) is 0. The van der Waals surface area contributed by atoms with Crippen LogP contribution in [-0.2, 0) is 30.7 Å². The van der Waals surface area contributed by atoms with Crippen molar-refractivity contribution in [2.24, 2.45) is 11.8 Å². The quantitative estimate of drug-likeness (QED) is 0.334. The molecule has 0 heterocycles. The summed E-state index contributed by atoms with van der Waals surface area (Å²) in [6.45, 7) is 7.56. The molecule has 0 aliphatic heterocycles. The van der Waals surface area contributed by atoms with E-state index in [0.717, 1.165) is 17.6 Å². The van der Waals surface area contributed by atoms with Gasteiger partial charge in [-0.1, -0.05) is 85.7 Å². The number of carbonyl (C=O) groups is 1. The monoisotopic (exact) mass is 499 g/mol. The van der Waals surface area contributed by atoms with E-state index >= 15 is 0 Å². The fourth-order valence-corrected chi connectivity index (χ4v) is 5.04. The van der Waals surface area contributed by atoms with Crippen molar-refractivity contribution in [1.82, 2.24) is 4.72 Å². The zero-order chi connectivity index (χ0) is 26.0. The zero-order valence-corrected chi connectivity index (χ0v) is 22.2. The van der Waals surface area contributed by atoms with Gasteiger partial charge in [0, 0.05) is 13.0 Å². The molecule has 0 aliphatic rings. The van der Waals surface area contributed by atoms with E-state index in [9.17, 15) is 13.2 Å². The lowest BCUT2D eigenvalue weighted by atomic mass is 9.95. The Balaban J connectivity index is 2.21. The molecule has 0 aromatic heterocycles. The van der Waals surface area contributed by atoms with E-state index < -0.39 is 28.0 Å². The van der Waals surface area contributed by atoms with Crippen LogP contribution >= 0.6 is 0 Å². The van der Waals surface area contributed by atoms with Gasteiger partial charge in [0.2, 0.25) is 10.0 Å². The molecule has 0 spiro atoms. The molecule has 190 valence electrons. The Bertz CT molecular complexity index is 1110. The lowest BCUT2D eigenvalue weighted by Gasteiger charge is -2.22. The van der Waals surface area contributed by atoms with E-state index in [1.807, 2.05) is 38.1 Å². The predicted molar refractivity (Wildman–Crippen MR) is 139 cm³/mol. The highest BCUT2D eigenvalue weighted by molar-refractivity contribution is 7.89. The van der Waals surface area contributed by atoms with Crippen LogP contribution in [0.1, 0.15) is 31.9 Å². The van der Waals surface area contributed by atoms with Crippen LogP contribution in [0.4, 0.5) is 0 Å². The van der Waals surface area contributed by atoms with Gasteiger partial charge in [0.1, 0.15) is 0 Å². The van der Waals surface area contributed by atoms with Crippen molar-refractivity contribution >= 4 is 16.0 Å². The van der Waals surface area contributed by atoms with Crippen LogP contribution in [0.2, 0.25) is 0 Å². The molecular weight excluding hydrogens is 462 g/mol. The number of ether oxygens (including phenoxy) is 2. The van der Waals surface area contributed by atoms with Gasteiger partial charge in [-0.3, -0.25) is 4.79 Å². The first-order chi connectivity index (χ1) is 16.6. The molecule has 0 saturated carbocycles. The lowest BCUT2D eigenvalue weighted by molar-refractivity contribution is -0.145. The average Bonchev–Trinajstić information content (AvgIpc) is 2.84. The normalized spacial score (nSPS) is 16.0. The van der Waals surface area contributed by atoms with Crippen LogP contribution in [0.15, 0.2) is 83.3 Å². The van der Waals surface area contributed by atoms with Crippen LogP contribution in [0, 0.1) is 18.8 Å². The van der Waals surface area contributed by atoms with Gasteiger partial charge in [-0.05, 0) is 38.0 Å². The second-order valence-corrected chi connectivity index (χ2v) is 10.6. The molecule has 1 N–H and O–H groups in total. The van der Waals surface area contributed by atoms with Gasteiger partial charge < -0.3 is 9.47 Å². The highest BCUT2D eigenvalue weighted by Gasteiger charge is 2.28. The standard InChI is InChI=1S/C28H37NO5S/c1-20-12-15-25(16-13-20)35(31,32)29-26(23(4)28(30)34-6)17-14-21(2)18-22(3)27(33-5)19-24-10-8-7-9-11-24/h7-18,22-23,26-27,29H,19H2,1-6H3/b17-14+,21-18+/t22-,23-,26-,27-/m0/s1. The molecule has 2 rings (SSSR count). The number of rotatable bonds is 12. The van der Waals surface area contributed by atoms with Gasteiger partial charge in [-0.15, -0.1) is 0 Å². The number of hydrogen-bond donors (Lipinski definition) is 1. The van der Waals surface area contributed by atoms with E-state index in [4.69, 9.17) is 9.47 Å². The van der Waals surface area contributed by atoms with E-state index in [1.165, 1.54) is 12.7 Å². The molecule has 35 heavy (non-hydrogen) atoms. The van der Waals surface area contributed by atoms with Crippen molar-refractivity contribution in [2.45, 2.75) is 51.2 Å². The van der Waals surface area contributed by atoms with E-state index in [0.29, 0.717) is 0 Å². The van der Waals surface area contributed by atoms with Crippen molar-refractivity contribution in [2.75, 3.05) is 14.2 Å². The maximum absolute atomic E-state index is 13.0. The van der Waals surface area contributed by atoms with E-state index in [2.05, 4.69) is 29.9 Å². The van der Waals surface area contributed by atoms with Crippen molar-refractivity contribution in [3.05, 3.63) is 89.5 Å². The number of allylic oxidation sites excluding steroid dienone is 2. The molecule has 2 aromatic carbocycles. The van der Waals surface area contributed by atoms with E-state index in [-0.39, 0.29) is 16.9 Å². The minimum Gasteiger partial charge on any atom is -0.469 e. The second-order valence-electron chi connectivity index (χ2n) is 8.86. The molecule has 0 fully saturated rings. The summed E-state index contributed by atoms with van der Waals surface area (Å²) in [6.07, 6.45) is 6.38. The van der Waals surface area contributed by atoms with Crippen LogP contribution in [0.25, 0.3) is 0 Å². The van der Waals surface area contributed by atoms with Crippen molar-refractivity contribution in [3.8, 4) is 0 Å². The van der Waals surface area contributed by atoms with Crippen LogP contribution < -0.4 is 4.72 Å². The van der Waals surface area contributed by atoms with Gasteiger partial charge in [-0.25, -0.2) is 13.1 Å². The average molecular weight is 500 g/mol. The summed E-state index contributed by atoms with van der Waals surface area (Å²) < 4.78 is 39.2. The molecule has 0 bridgehead atoms. The van der Waals surface area contributed by atoms with Crippen molar-refractivity contribution in [1.29, 1.82) is 0 Å². The maximum atomic E-state index is 13.0. The molecule has 0 unspecified atom stereocenters. The Hall–Kier alpha value is -2.74. The Morgan fingerprint density at radius 1 is 1.03 bits per heavy atom. The maximum Gasteiger partial charge on any atom is 0.310 e. The molecule has 0 amide bonds. The van der Waals surface area contributed by atoms with Crippen molar-refractivity contribution < 1.29 is 22.7 Å². The SMILES string of the molecule is COC(=O)[C@@H](C)[C@H](/C=C/C(C)=C/[C@H](C)[C@H](Cc1ccccc1)OC)NS(=O)(=O)c1ccc(C)cc1. The molecule has 0 aliphatic carbocycles. The number of sulfonamides is 1. The first-order valence-electron chi connectivity index (χ1n) is 11.7. The Morgan fingerprint density at radius 3 is 2.23 bits per heavy atom. The molecule has 6 nitrogen and oxygen atoms in total. The zero-order valence-electron chi connectivity index (χ0n) is 21.4.